The van der Waals surface area contributed by atoms with Crippen LogP contribution in [0.15, 0.2) is 121 Å². The van der Waals surface area contributed by atoms with Crippen LogP contribution in [0.25, 0.3) is 0 Å². The van der Waals surface area contributed by atoms with Crippen LogP contribution in [0.4, 0.5) is 0 Å². The normalized spacial score (nSPS) is 23.4. The highest BCUT2D eigenvalue weighted by Crippen LogP contribution is 2.47. The second-order valence-electron chi connectivity index (χ2n) is 8.12. The molecule has 31 heavy (non-hydrogen) atoms. The lowest BCUT2D eigenvalue weighted by molar-refractivity contribution is -0.125. The first-order valence-corrected chi connectivity index (χ1v) is 10.8. The van der Waals surface area contributed by atoms with Crippen molar-refractivity contribution in [3.05, 3.63) is 144 Å². The summed E-state index contributed by atoms with van der Waals surface area (Å²) in [5.74, 6) is -0.249. The molecular formula is C29H25NO. The fourth-order valence-electron chi connectivity index (χ4n) is 4.84. The summed E-state index contributed by atoms with van der Waals surface area (Å²) in [4.78, 5) is 14.3. The highest BCUT2D eigenvalue weighted by Gasteiger charge is 2.45. The van der Waals surface area contributed by atoms with Gasteiger partial charge in [-0.15, -0.1) is 0 Å². The SMILES string of the molecule is O=C1[C@H](c2ccccc2)[C@@H](c2ccccc2)N[C@@H](c2ccccc2)[C@H]1c1ccccc1. The van der Waals surface area contributed by atoms with Gasteiger partial charge >= 0.3 is 0 Å². The number of Topliss-reactive ketones (excluding diaryl/α,β-unsaturated/α-hetero) is 1. The van der Waals surface area contributed by atoms with Gasteiger partial charge in [0.15, 0.2) is 5.78 Å². The molecule has 0 bridgehead atoms. The maximum absolute atomic E-state index is 14.3. The molecule has 1 aliphatic heterocycles. The lowest BCUT2D eigenvalue weighted by atomic mass is 9.70. The van der Waals surface area contributed by atoms with Gasteiger partial charge in [-0.25, -0.2) is 0 Å². The van der Waals surface area contributed by atoms with Crippen molar-refractivity contribution >= 4 is 5.78 Å². The molecule has 2 heteroatoms. The van der Waals surface area contributed by atoms with Crippen LogP contribution in [0.5, 0.6) is 0 Å². The van der Waals surface area contributed by atoms with E-state index < -0.39 is 0 Å². The number of piperidine rings is 1. The van der Waals surface area contributed by atoms with Crippen LogP contribution in [0.2, 0.25) is 0 Å². The van der Waals surface area contributed by atoms with Crippen molar-refractivity contribution in [2.75, 3.05) is 0 Å². The molecule has 1 saturated heterocycles. The first kappa shape index (κ1) is 19.5. The summed E-state index contributed by atoms with van der Waals surface area (Å²) in [5.41, 5.74) is 4.39. The molecular weight excluding hydrogens is 378 g/mol. The van der Waals surface area contributed by atoms with Gasteiger partial charge in [-0.2, -0.15) is 0 Å². The van der Waals surface area contributed by atoms with Crippen LogP contribution in [-0.2, 0) is 4.79 Å². The molecule has 1 N–H and O–H groups in total. The third kappa shape index (κ3) is 3.83. The number of hydrogen-bond donors (Lipinski definition) is 1. The molecule has 0 amide bonds. The standard InChI is InChI=1S/C29H25NO/c31-29-25(21-13-5-1-6-14-21)27(23-17-9-3-10-18-23)30-28(24-19-11-4-12-20-24)26(29)22-15-7-2-8-16-22/h1-20,25-28,30H/t25-,26-,27-,28+/m1/s1. The summed E-state index contributed by atoms with van der Waals surface area (Å²) in [7, 11) is 0. The largest absolute Gasteiger partial charge is 0.301 e. The minimum absolute atomic E-state index is 0.0960. The molecule has 4 aromatic carbocycles. The van der Waals surface area contributed by atoms with Gasteiger partial charge < -0.3 is 5.32 Å². The van der Waals surface area contributed by atoms with Crippen molar-refractivity contribution in [1.29, 1.82) is 0 Å². The molecule has 0 aromatic heterocycles. The van der Waals surface area contributed by atoms with Crippen LogP contribution < -0.4 is 5.32 Å². The average molecular weight is 404 g/mol. The lowest BCUT2D eigenvalue weighted by Gasteiger charge is -2.42. The van der Waals surface area contributed by atoms with Crippen LogP contribution in [0.1, 0.15) is 46.2 Å². The highest BCUT2D eigenvalue weighted by atomic mass is 16.1. The summed E-state index contributed by atoms with van der Waals surface area (Å²) in [6.07, 6.45) is 0. The van der Waals surface area contributed by atoms with E-state index in [0.29, 0.717) is 0 Å². The van der Waals surface area contributed by atoms with Gasteiger partial charge in [0.05, 0.1) is 11.8 Å². The molecule has 5 rings (SSSR count). The Bertz CT molecular complexity index is 1040. The maximum atomic E-state index is 14.3. The van der Waals surface area contributed by atoms with Gasteiger partial charge in [-0.3, -0.25) is 4.79 Å². The summed E-state index contributed by atoms with van der Waals surface area (Å²) in [5, 5.41) is 3.89. The molecule has 2 nitrogen and oxygen atoms in total. The van der Waals surface area contributed by atoms with E-state index in [1.165, 1.54) is 0 Å². The predicted molar refractivity (Wildman–Crippen MR) is 125 cm³/mol. The van der Waals surface area contributed by atoms with E-state index in [1.54, 1.807) is 0 Å². The van der Waals surface area contributed by atoms with E-state index in [-0.39, 0.29) is 29.7 Å². The fraction of sp³-hybridized carbons (Fsp3) is 0.138. The van der Waals surface area contributed by atoms with Crippen LogP contribution in [0, 0.1) is 0 Å². The predicted octanol–water partition coefficient (Wildman–Crippen LogP) is 6.21. The van der Waals surface area contributed by atoms with Crippen molar-refractivity contribution in [2.45, 2.75) is 23.9 Å². The Balaban J connectivity index is 1.67. The minimum Gasteiger partial charge on any atom is -0.301 e. The van der Waals surface area contributed by atoms with Crippen molar-refractivity contribution in [3.8, 4) is 0 Å². The third-order valence-electron chi connectivity index (χ3n) is 6.27. The van der Waals surface area contributed by atoms with Gasteiger partial charge in [0.25, 0.3) is 0 Å². The number of carbonyl (C=O) groups excluding carboxylic acids is 1. The van der Waals surface area contributed by atoms with Crippen molar-refractivity contribution < 1.29 is 4.79 Å². The number of ketones is 1. The molecule has 4 atom stereocenters. The number of rotatable bonds is 4. The van der Waals surface area contributed by atoms with E-state index in [4.69, 9.17) is 0 Å². The molecule has 1 fully saturated rings. The van der Waals surface area contributed by atoms with Crippen molar-refractivity contribution in [3.63, 3.8) is 0 Å². The number of carbonyl (C=O) groups is 1. The molecule has 0 radical (unpaired) electrons. The van der Waals surface area contributed by atoms with Crippen LogP contribution in [0.3, 0.4) is 0 Å². The minimum atomic E-state index is -0.256. The maximum Gasteiger partial charge on any atom is 0.151 e. The van der Waals surface area contributed by atoms with E-state index >= 15 is 0 Å². The average Bonchev–Trinajstić information content (AvgIpc) is 2.85. The Morgan fingerprint density at radius 3 is 1.03 bits per heavy atom. The smallest absolute Gasteiger partial charge is 0.151 e. The third-order valence-corrected chi connectivity index (χ3v) is 6.27. The molecule has 0 unspecified atom stereocenters. The van der Waals surface area contributed by atoms with Gasteiger partial charge in [0, 0.05) is 12.1 Å². The Kier molecular flexibility index (Phi) is 5.47. The van der Waals surface area contributed by atoms with Crippen molar-refractivity contribution in [1.82, 2.24) is 5.32 Å². The summed E-state index contributed by atoms with van der Waals surface area (Å²) in [6.45, 7) is 0. The van der Waals surface area contributed by atoms with Gasteiger partial charge in [-0.1, -0.05) is 121 Å². The fourth-order valence-corrected chi connectivity index (χ4v) is 4.84. The van der Waals surface area contributed by atoms with E-state index in [2.05, 4.69) is 53.8 Å². The summed E-state index contributed by atoms with van der Waals surface area (Å²) in [6, 6.07) is 40.9. The second kappa shape index (κ2) is 8.71. The van der Waals surface area contributed by atoms with Gasteiger partial charge in [0.1, 0.15) is 0 Å². The zero-order valence-electron chi connectivity index (χ0n) is 17.3. The number of nitrogens with one attached hydrogen (secondary N) is 1. The number of hydrogen-bond acceptors (Lipinski definition) is 2. The molecule has 0 spiro atoms. The molecule has 1 heterocycles. The molecule has 0 aliphatic carbocycles. The lowest BCUT2D eigenvalue weighted by Crippen LogP contribution is -2.46. The van der Waals surface area contributed by atoms with E-state index in [9.17, 15) is 4.79 Å². The van der Waals surface area contributed by atoms with Crippen LogP contribution >= 0.6 is 0 Å². The van der Waals surface area contributed by atoms with Crippen LogP contribution in [-0.4, -0.2) is 5.78 Å². The highest BCUT2D eigenvalue weighted by molar-refractivity contribution is 5.94. The molecule has 152 valence electrons. The summed E-state index contributed by atoms with van der Waals surface area (Å²) >= 11 is 0. The van der Waals surface area contributed by atoms with Gasteiger partial charge in [-0.05, 0) is 22.3 Å². The zero-order valence-corrected chi connectivity index (χ0v) is 17.3. The first-order chi connectivity index (χ1) is 15.3. The Morgan fingerprint density at radius 2 is 0.710 bits per heavy atom. The Hall–Kier alpha value is -3.49. The number of benzene rings is 4. The molecule has 1 aliphatic rings. The van der Waals surface area contributed by atoms with E-state index in [0.717, 1.165) is 22.3 Å². The Morgan fingerprint density at radius 1 is 0.419 bits per heavy atom. The topological polar surface area (TPSA) is 29.1 Å². The van der Waals surface area contributed by atoms with E-state index in [1.807, 2.05) is 72.8 Å². The summed E-state index contributed by atoms with van der Waals surface area (Å²) < 4.78 is 0. The first-order valence-electron chi connectivity index (χ1n) is 10.8. The zero-order chi connectivity index (χ0) is 21.0. The quantitative estimate of drug-likeness (QED) is 0.439. The van der Waals surface area contributed by atoms with Gasteiger partial charge in [0.2, 0.25) is 0 Å². The molecule has 4 aromatic rings. The second-order valence-corrected chi connectivity index (χ2v) is 8.12. The van der Waals surface area contributed by atoms with Crippen molar-refractivity contribution in [2.24, 2.45) is 0 Å². The Labute approximate surface area is 183 Å². The monoisotopic (exact) mass is 403 g/mol. The molecule has 0 saturated carbocycles.